The lowest BCUT2D eigenvalue weighted by atomic mass is 10.1. The van der Waals surface area contributed by atoms with Gasteiger partial charge in [-0.2, -0.15) is 0 Å². The van der Waals surface area contributed by atoms with E-state index in [4.69, 9.17) is 9.47 Å². The van der Waals surface area contributed by atoms with E-state index >= 15 is 0 Å². The van der Waals surface area contributed by atoms with Gasteiger partial charge in [-0.15, -0.1) is 0 Å². The SMILES string of the molecule is CCNC(=NCc1cccc(F)c1)NCc1ccc(C)cc1OCCOC. The molecular weight excluding hydrogens is 345 g/mol. The summed E-state index contributed by atoms with van der Waals surface area (Å²) >= 11 is 0. The fraction of sp³-hybridized carbons (Fsp3) is 0.381. The first-order chi connectivity index (χ1) is 13.1. The Morgan fingerprint density at radius 3 is 2.70 bits per heavy atom. The summed E-state index contributed by atoms with van der Waals surface area (Å²) in [5, 5.41) is 6.51. The van der Waals surface area contributed by atoms with Crippen LogP contribution in [-0.2, 0) is 17.8 Å². The van der Waals surface area contributed by atoms with Gasteiger partial charge in [-0.25, -0.2) is 9.38 Å². The third kappa shape index (κ3) is 7.27. The van der Waals surface area contributed by atoms with Crippen LogP contribution in [0.5, 0.6) is 5.75 Å². The maximum Gasteiger partial charge on any atom is 0.191 e. The molecule has 2 N–H and O–H groups in total. The van der Waals surface area contributed by atoms with Crippen molar-refractivity contribution in [3.8, 4) is 5.75 Å². The van der Waals surface area contributed by atoms with Crippen molar-refractivity contribution in [2.24, 2.45) is 4.99 Å². The van der Waals surface area contributed by atoms with Gasteiger partial charge in [-0.05, 0) is 43.2 Å². The zero-order valence-electron chi connectivity index (χ0n) is 16.2. The minimum Gasteiger partial charge on any atom is -0.491 e. The van der Waals surface area contributed by atoms with E-state index in [0.29, 0.717) is 32.3 Å². The highest BCUT2D eigenvalue weighted by Crippen LogP contribution is 2.20. The average molecular weight is 373 g/mol. The van der Waals surface area contributed by atoms with E-state index in [1.165, 1.54) is 12.1 Å². The summed E-state index contributed by atoms with van der Waals surface area (Å²) in [6.45, 7) is 6.78. The van der Waals surface area contributed by atoms with Gasteiger partial charge in [0.25, 0.3) is 0 Å². The maximum atomic E-state index is 13.3. The molecule has 0 heterocycles. The summed E-state index contributed by atoms with van der Waals surface area (Å²) in [6, 6.07) is 12.6. The van der Waals surface area contributed by atoms with Crippen molar-refractivity contribution in [2.75, 3.05) is 26.9 Å². The Hall–Kier alpha value is -2.60. The Kier molecular flexibility index (Phi) is 8.58. The Bertz CT molecular complexity index is 750. The van der Waals surface area contributed by atoms with Crippen molar-refractivity contribution in [3.63, 3.8) is 0 Å². The highest BCUT2D eigenvalue weighted by Gasteiger charge is 2.06. The van der Waals surface area contributed by atoms with Crippen molar-refractivity contribution in [1.29, 1.82) is 0 Å². The van der Waals surface area contributed by atoms with Crippen molar-refractivity contribution >= 4 is 5.96 Å². The molecule has 0 aliphatic rings. The van der Waals surface area contributed by atoms with Crippen LogP contribution in [0.4, 0.5) is 4.39 Å². The Balaban J connectivity index is 2.03. The minimum absolute atomic E-state index is 0.252. The van der Waals surface area contributed by atoms with Crippen molar-refractivity contribution in [3.05, 3.63) is 65.0 Å². The van der Waals surface area contributed by atoms with Crippen molar-refractivity contribution < 1.29 is 13.9 Å². The predicted molar refractivity (Wildman–Crippen MR) is 107 cm³/mol. The summed E-state index contributed by atoms with van der Waals surface area (Å²) < 4.78 is 24.2. The zero-order chi connectivity index (χ0) is 19.5. The average Bonchev–Trinajstić information content (AvgIpc) is 2.65. The number of halogens is 1. The van der Waals surface area contributed by atoms with Gasteiger partial charge in [0.2, 0.25) is 0 Å². The van der Waals surface area contributed by atoms with Crippen LogP contribution in [0.25, 0.3) is 0 Å². The molecule has 0 bridgehead atoms. The molecule has 0 amide bonds. The number of rotatable bonds is 9. The van der Waals surface area contributed by atoms with Crippen LogP contribution in [-0.4, -0.2) is 32.8 Å². The standard InChI is InChI=1S/C21H28FN3O2/c1-4-23-21(24-14-17-6-5-7-19(22)13-17)25-15-18-9-8-16(2)12-20(18)27-11-10-26-3/h5-9,12-13H,4,10-11,14-15H2,1-3H3,(H2,23,24,25). The van der Waals surface area contributed by atoms with Gasteiger partial charge >= 0.3 is 0 Å². The van der Waals surface area contributed by atoms with E-state index in [9.17, 15) is 4.39 Å². The number of nitrogens with one attached hydrogen (secondary N) is 2. The van der Waals surface area contributed by atoms with E-state index in [-0.39, 0.29) is 5.82 Å². The highest BCUT2D eigenvalue weighted by atomic mass is 19.1. The summed E-state index contributed by atoms with van der Waals surface area (Å²) in [5.41, 5.74) is 3.00. The number of guanidine groups is 1. The topological polar surface area (TPSA) is 54.9 Å². The van der Waals surface area contributed by atoms with Gasteiger partial charge in [0.05, 0.1) is 13.2 Å². The van der Waals surface area contributed by atoms with Gasteiger partial charge < -0.3 is 20.1 Å². The first kappa shape index (κ1) is 20.7. The van der Waals surface area contributed by atoms with E-state index in [0.717, 1.165) is 29.0 Å². The smallest absolute Gasteiger partial charge is 0.191 e. The summed E-state index contributed by atoms with van der Waals surface area (Å²) in [7, 11) is 1.65. The van der Waals surface area contributed by atoms with Crippen molar-refractivity contribution in [1.82, 2.24) is 10.6 Å². The zero-order valence-corrected chi connectivity index (χ0v) is 16.2. The Labute approximate surface area is 160 Å². The summed E-state index contributed by atoms with van der Waals surface area (Å²) in [5.74, 6) is 1.25. The van der Waals surface area contributed by atoms with E-state index in [1.54, 1.807) is 13.2 Å². The molecule has 2 rings (SSSR count). The molecule has 0 atom stereocenters. The lowest BCUT2D eigenvalue weighted by Gasteiger charge is -2.15. The van der Waals surface area contributed by atoms with Crippen molar-refractivity contribution in [2.45, 2.75) is 26.9 Å². The molecule has 0 saturated heterocycles. The molecule has 0 aromatic heterocycles. The fourth-order valence-electron chi connectivity index (χ4n) is 2.50. The Morgan fingerprint density at radius 2 is 1.96 bits per heavy atom. The summed E-state index contributed by atoms with van der Waals surface area (Å²) in [6.07, 6.45) is 0. The normalized spacial score (nSPS) is 11.3. The quantitative estimate of drug-likeness (QED) is 0.402. The molecule has 2 aromatic rings. The maximum absolute atomic E-state index is 13.3. The van der Waals surface area contributed by atoms with Gasteiger partial charge in [-0.1, -0.05) is 24.3 Å². The van der Waals surface area contributed by atoms with Gasteiger partial charge in [0.1, 0.15) is 18.2 Å². The molecule has 0 aliphatic carbocycles. The highest BCUT2D eigenvalue weighted by molar-refractivity contribution is 5.79. The van der Waals surface area contributed by atoms with Crippen LogP contribution >= 0.6 is 0 Å². The second-order valence-corrected chi connectivity index (χ2v) is 6.13. The fourth-order valence-corrected chi connectivity index (χ4v) is 2.50. The van der Waals surface area contributed by atoms with Crippen LogP contribution in [0.3, 0.4) is 0 Å². The second-order valence-electron chi connectivity index (χ2n) is 6.13. The third-order valence-electron chi connectivity index (χ3n) is 3.87. The number of hydrogen-bond acceptors (Lipinski definition) is 3. The van der Waals surface area contributed by atoms with Crippen LogP contribution in [0.1, 0.15) is 23.6 Å². The van der Waals surface area contributed by atoms with Gasteiger partial charge in [0, 0.05) is 25.8 Å². The molecule has 6 heteroatoms. The Morgan fingerprint density at radius 1 is 1.11 bits per heavy atom. The second kappa shape index (κ2) is 11.2. The first-order valence-electron chi connectivity index (χ1n) is 9.10. The van der Waals surface area contributed by atoms with Crippen LogP contribution < -0.4 is 15.4 Å². The number of aryl methyl sites for hydroxylation is 1. The summed E-state index contributed by atoms with van der Waals surface area (Å²) in [4.78, 5) is 4.53. The molecule has 146 valence electrons. The molecule has 27 heavy (non-hydrogen) atoms. The van der Waals surface area contributed by atoms with E-state index < -0.39 is 0 Å². The van der Waals surface area contributed by atoms with Gasteiger partial charge in [0.15, 0.2) is 5.96 Å². The number of aliphatic imine (C=N–C) groups is 1. The molecule has 0 radical (unpaired) electrons. The molecule has 0 fully saturated rings. The largest absolute Gasteiger partial charge is 0.491 e. The lowest BCUT2D eigenvalue weighted by molar-refractivity contribution is 0.145. The van der Waals surface area contributed by atoms with Gasteiger partial charge in [-0.3, -0.25) is 0 Å². The number of methoxy groups -OCH3 is 1. The molecule has 0 unspecified atom stereocenters. The number of hydrogen-bond donors (Lipinski definition) is 2. The molecule has 0 spiro atoms. The lowest BCUT2D eigenvalue weighted by Crippen LogP contribution is -2.36. The van der Waals surface area contributed by atoms with Crippen LogP contribution in [0.15, 0.2) is 47.5 Å². The number of benzene rings is 2. The van der Waals surface area contributed by atoms with Crippen LogP contribution in [0.2, 0.25) is 0 Å². The minimum atomic E-state index is -0.252. The first-order valence-corrected chi connectivity index (χ1v) is 9.10. The van der Waals surface area contributed by atoms with E-state index in [2.05, 4.69) is 21.7 Å². The molecular formula is C21H28FN3O2. The molecule has 0 aliphatic heterocycles. The molecule has 0 saturated carbocycles. The predicted octanol–water partition coefficient (Wildman–Crippen LogP) is 3.41. The molecule has 2 aromatic carbocycles. The third-order valence-corrected chi connectivity index (χ3v) is 3.87. The van der Waals surface area contributed by atoms with E-state index in [1.807, 2.05) is 32.0 Å². The number of ether oxygens (including phenoxy) is 2. The molecule has 5 nitrogen and oxygen atoms in total. The number of nitrogens with zero attached hydrogens (tertiary/aromatic N) is 1. The monoisotopic (exact) mass is 373 g/mol. The van der Waals surface area contributed by atoms with Crippen LogP contribution in [0, 0.1) is 12.7 Å².